The van der Waals surface area contributed by atoms with Crippen molar-refractivity contribution < 1.29 is 19.2 Å². The second kappa shape index (κ2) is 7.89. The molecule has 0 fully saturated rings. The van der Waals surface area contributed by atoms with Crippen LogP contribution in [0.5, 0.6) is 0 Å². The number of carbonyl (C=O) groups excluding carboxylic acids is 2. The van der Waals surface area contributed by atoms with Gasteiger partial charge in [-0.15, -0.1) is 11.3 Å². The highest BCUT2D eigenvalue weighted by Crippen LogP contribution is 2.27. The van der Waals surface area contributed by atoms with Crippen LogP contribution >= 0.6 is 11.3 Å². The van der Waals surface area contributed by atoms with Gasteiger partial charge in [-0.2, -0.15) is 0 Å². The molecule has 7 nitrogen and oxygen atoms in total. The number of esters is 1. The van der Waals surface area contributed by atoms with Gasteiger partial charge in [0.05, 0.1) is 4.92 Å². The number of hydrogen-bond donors (Lipinski definition) is 1. The maximum atomic E-state index is 12.0. The molecule has 0 atom stereocenters. The van der Waals surface area contributed by atoms with Gasteiger partial charge in [0.1, 0.15) is 10.6 Å². The topological polar surface area (TPSA) is 98.5 Å². The molecule has 8 heteroatoms. The van der Waals surface area contributed by atoms with Gasteiger partial charge < -0.3 is 10.1 Å². The van der Waals surface area contributed by atoms with Crippen LogP contribution in [0.25, 0.3) is 0 Å². The van der Waals surface area contributed by atoms with Crippen LogP contribution in [-0.2, 0) is 16.0 Å². The molecule has 1 aromatic heterocycles. The Bertz CT molecular complexity index is 828. The molecule has 2 aromatic rings. The third-order valence-electron chi connectivity index (χ3n) is 3.65. The quantitative estimate of drug-likeness (QED) is 0.481. The molecule has 0 spiro atoms. The second-order valence-corrected chi connectivity index (χ2v) is 6.65. The predicted octanol–water partition coefficient (Wildman–Crippen LogP) is 3.63. The van der Waals surface area contributed by atoms with Crippen LogP contribution in [0.1, 0.15) is 32.6 Å². The lowest BCUT2D eigenvalue weighted by Gasteiger charge is -2.09. The van der Waals surface area contributed by atoms with Crippen molar-refractivity contribution in [1.82, 2.24) is 0 Å². The summed E-state index contributed by atoms with van der Waals surface area (Å²) in [5.74, 6) is -1.21. The van der Waals surface area contributed by atoms with E-state index in [-0.39, 0.29) is 11.4 Å². The summed E-state index contributed by atoms with van der Waals surface area (Å²) in [5, 5.41) is 13.5. The molecule has 1 amide bonds. The molecule has 0 aliphatic carbocycles. The van der Waals surface area contributed by atoms with E-state index >= 15 is 0 Å². The number of ether oxygens (including phenoxy) is 1. The standard InChI is InChI=1S/C17H18N2O5S/c1-4-12-8-14(25-11(12)3)17(21)24-9-15(20)18-16-10(2)6-5-7-13(16)19(22)23/h5-8H,4,9H2,1-3H3,(H,18,20). The van der Waals surface area contributed by atoms with Crippen molar-refractivity contribution in [1.29, 1.82) is 0 Å². The molecule has 1 aromatic carbocycles. The van der Waals surface area contributed by atoms with Gasteiger partial charge >= 0.3 is 5.97 Å². The molecule has 0 saturated heterocycles. The first-order chi connectivity index (χ1) is 11.8. The minimum absolute atomic E-state index is 0.105. The molecule has 2 rings (SSSR count). The molecule has 0 aliphatic rings. The largest absolute Gasteiger partial charge is 0.451 e. The number of hydrogen-bond acceptors (Lipinski definition) is 6. The number of aryl methyl sites for hydroxylation is 3. The summed E-state index contributed by atoms with van der Waals surface area (Å²) < 4.78 is 5.00. The molecule has 1 N–H and O–H groups in total. The molecule has 1 heterocycles. The average molecular weight is 362 g/mol. The molecular weight excluding hydrogens is 344 g/mol. The van der Waals surface area contributed by atoms with Gasteiger partial charge in [0, 0.05) is 10.9 Å². The second-order valence-electron chi connectivity index (χ2n) is 5.40. The van der Waals surface area contributed by atoms with E-state index in [2.05, 4.69) is 5.32 Å². The summed E-state index contributed by atoms with van der Waals surface area (Å²) >= 11 is 1.32. The number of nitrogens with zero attached hydrogens (tertiary/aromatic N) is 1. The monoisotopic (exact) mass is 362 g/mol. The first-order valence-electron chi connectivity index (χ1n) is 7.63. The molecule has 25 heavy (non-hydrogen) atoms. The Hall–Kier alpha value is -2.74. The zero-order valence-corrected chi connectivity index (χ0v) is 14.9. The molecule has 132 valence electrons. The van der Waals surface area contributed by atoms with Gasteiger partial charge in [0.25, 0.3) is 11.6 Å². The average Bonchev–Trinajstić information content (AvgIpc) is 2.95. The van der Waals surface area contributed by atoms with Crippen molar-refractivity contribution in [2.45, 2.75) is 27.2 Å². The number of benzene rings is 1. The summed E-state index contributed by atoms with van der Waals surface area (Å²) in [6.45, 7) is 5.05. The number of amides is 1. The molecular formula is C17H18N2O5S. The number of thiophene rings is 1. The van der Waals surface area contributed by atoms with Crippen LogP contribution in [0.15, 0.2) is 24.3 Å². The van der Waals surface area contributed by atoms with Crippen molar-refractivity contribution in [3.05, 3.63) is 55.3 Å². The number of carbonyl (C=O) groups is 2. The smallest absolute Gasteiger partial charge is 0.348 e. The predicted molar refractivity (Wildman–Crippen MR) is 95.2 cm³/mol. The third kappa shape index (κ3) is 4.42. The van der Waals surface area contributed by atoms with Gasteiger partial charge in [0.15, 0.2) is 6.61 Å². The Morgan fingerprint density at radius 2 is 2.04 bits per heavy atom. The molecule has 0 saturated carbocycles. The van der Waals surface area contributed by atoms with Crippen LogP contribution in [0.2, 0.25) is 0 Å². The Morgan fingerprint density at radius 3 is 2.64 bits per heavy atom. The minimum atomic E-state index is -0.630. The highest BCUT2D eigenvalue weighted by Gasteiger charge is 2.19. The third-order valence-corrected chi connectivity index (χ3v) is 4.72. The number of nitro benzene ring substituents is 1. The normalized spacial score (nSPS) is 10.4. The van der Waals surface area contributed by atoms with Gasteiger partial charge in [-0.25, -0.2) is 4.79 Å². The zero-order valence-electron chi connectivity index (χ0n) is 14.1. The first-order valence-corrected chi connectivity index (χ1v) is 8.45. The van der Waals surface area contributed by atoms with E-state index in [0.29, 0.717) is 10.4 Å². The fourth-order valence-corrected chi connectivity index (χ4v) is 3.32. The number of nitrogens with one attached hydrogen (secondary N) is 1. The van der Waals surface area contributed by atoms with E-state index in [0.717, 1.165) is 16.9 Å². The van der Waals surface area contributed by atoms with Crippen LogP contribution in [0, 0.1) is 24.0 Å². The maximum Gasteiger partial charge on any atom is 0.348 e. The highest BCUT2D eigenvalue weighted by molar-refractivity contribution is 7.14. The summed E-state index contributed by atoms with van der Waals surface area (Å²) in [4.78, 5) is 36.0. The Kier molecular flexibility index (Phi) is 5.87. The molecule has 0 unspecified atom stereocenters. The summed E-state index contributed by atoms with van der Waals surface area (Å²) in [6, 6.07) is 6.24. The Balaban J connectivity index is 2.01. The SMILES string of the molecule is CCc1cc(C(=O)OCC(=O)Nc2c(C)cccc2[N+](=O)[O-])sc1C. The van der Waals surface area contributed by atoms with Crippen molar-refractivity contribution >= 4 is 34.6 Å². The summed E-state index contributed by atoms with van der Waals surface area (Å²) in [7, 11) is 0. The summed E-state index contributed by atoms with van der Waals surface area (Å²) in [5.41, 5.74) is 1.52. The van der Waals surface area contributed by atoms with Gasteiger partial charge in [0.2, 0.25) is 0 Å². The molecule has 0 bridgehead atoms. The highest BCUT2D eigenvalue weighted by atomic mass is 32.1. The maximum absolute atomic E-state index is 12.0. The first kappa shape index (κ1) is 18.6. The van der Waals surface area contributed by atoms with Crippen molar-refractivity contribution in [3.8, 4) is 0 Å². The van der Waals surface area contributed by atoms with Crippen molar-refractivity contribution in [3.63, 3.8) is 0 Å². The lowest BCUT2D eigenvalue weighted by Crippen LogP contribution is -2.21. The molecule has 0 aliphatic heterocycles. The van der Waals surface area contributed by atoms with Gasteiger partial charge in [-0.3, -0.25) is 14.9 Å². The van der Waals surface area contributed by atoms with E-state index in [1.807, 2.05) is 13.8 Å². The van der Waals surface area contributed by atoms with E-state index in [9.17, 15) is 19.7 Å². The Labute approximate surface area is 148 Å². The fraction of sp³-hybridized carbons (Fsp3) is 0.294. The lowest BCUT2D eigenvalue weighted by molar-refractivity contribution is -0.384. The molecule has 0 radical (unpaired) electrons. The Morgan fingerprint density at radius 1 is 1.32 bits per heavy atom. The van der Waals surface area contributed by atoms with Gasteiger partial charge in [-0.05, 0) is 37.5 Å². The van der Waals surface area contributed by atoms with Crippen LogP contribution < -0.4 is 5.32 Å². The number of nitro groups is 1. The fourth-order valence-electron chi connectivity index (χ4n) is 2.32. The lowest BCUT2D eigenvalue weighted by atomic mass is 10.1. The van der Waals surface area contributed by atoms with Crippen molar-refractivity contribution in [2.75, 3.05) is 11.9 Å². The van der Waals surface area contributed by atoms with E-state index in [1.54, 1.807) is 19.1 Å². The van der Waals surface area contributed by atoms with Crippen molar-refractivity contribution in [2.24, 2.45) is 0 Å². The summed E-state index contributed by atoms with van der Waals surface area (Å²) in [6.07, 6.45) is 0.813. The minimum Gasteiger partial charge on any atom is -0.451 e. The van der Waals surface area contributed by atoms with Crippen LogP contribution in [-0.4, -0.2) is 23.4 Å². The van der Waals surface area contributed by atoms with E-state index in [4.69, 9.17) is 4.74 Å². The van der Waals surface area contributed by atoms with E-state index < -0.39 is 23.4 Å². The van der Waals surface area contributed by atoms with Crippen LogP contribution in [0.4, 0.5) is 11.4 Å². The number of anilines is 1. The van der Waals surface area contributed by atoms with Crippen LogP contribution in [0.3, 0.4) is 0 Å². The van der Waals surface area contributed by atoms with Gasteiger partial charge in [-0.1, -0.05) is 19.1 Å². The van der Waals surface area contributed by atoms with E-state index in [1.165, 1.54) is 23.5 Å². The zero-order chi connectivity index (χ0) is 18.6. The number of para-hydroxylation sites is 1. The number of rotatable bonds is 6.